The van der Waals surface area contributed by atoms with E-state index in [1.807, 2.05) is 0 Å². The van der Waals surface area contributed by atoms with E-state index < -0.39 is 11.6 Å². The van der Waals surface area contributed by atoms with Gasteiger partial charge < -0.3 is 14.9 Å². The Labute approximate surface area is 71.2 Å². The molecule has 0 saturated carbocycles. The van der Waals surface area contributed by atoms with Gasteiger partial charge in [-0.1, -0.05) is 0 Å². The normalized spacial score (nSPS) is 42.6. The van der Waals surface area contributed by atoms with Crippen molar-refractivity contribution in [1.82, 2.24) is 0 Å². The number of aliphatic carboxylic acids is 1. The molecule has 70 valence electrons. The second-order valence-corrected chi connectivity index (χ2v) is 3.50. The Morgan fingerprint density at radius 1 is 1.42 bits per heavy atom. The number of hydrogen-bond acceptors (Lipinski definition) is 3. The second kappa shape index (κ2) is 3.03. The number of rotatable bonds is 1. The third-order valence-electron chi connectivity index (χ3n) is 2.11. The first-order valence-electron chi connectivity index (χ1n) is 4.05. The van der Waals surface area contributed by atoms with Gasteiger partial charge in [0.2, 0.25) is 0 Å². The van der Waals surface area contributed by atoms with Gasteiger partial charge in [0.25, 0.3) is 0 Å². The standard InChI is InChI=1S/C8H14O4/c1-5-3-8(11,7(9)10)4-6(2)12-5/h5-6,11H,3-4H2,1-2H3,(H,9,10)/t5-,6-/m1/s1. The molecule has 0 aliphatic carbocycles. The Kier molecular flexibility index (Phi) is 2.39. The molecule has 0 bridgehead atoms. The molecule has 0 spiro atoms. The molecular formula is C8H14O4. The van der Waals surface area contributed by atoms with Crippen LogP contribution in [0.1, 0.15) is 26.7 Å². The minimum absolute atomic E-state index is 0.173. The Hall–Kier alpha value is -0.610. The van der Waals surface area contributed by atoms with E-state index in [-0.39, 0.29) is 25.0 Å². The molecule has 0 aromatic rings. The largest absolute Gasteiger partial charge is 0.479 e. The summed E-state index contributed by atoms with van der Waals surface area (Å²) in [7, 11) is 0. The predicted molar refractivity (Wildman–Crippen MR) is 41.8 cm³/mol. The summed E-state index contributed by atoms with van der Waals surface area (Å²) in [5.41, 5.74) is -1.59. The summed E-state index contributed by atoms with van der Waals surface area (Å²) in [5, 5.41) is 18.3. The molecule has 4 heteroatoms. The zero-order valence-electron chi connectivity index (χ0n) is 7.28. The first-order valence-corrected chi connectivity index (χ1v) is 4.05. The molecule has 1 rings (SSSR count). The van der Waals surface area contributed by atoms with Crippen LogP contribution in [-0.4, -0.2) is 34.0 Å². The number of ether oxygens (including phenoxy) is 1. The quantitative estimate of drug-likeness (QED) is 0.603. The van der Waals surface area contributed by atoms with Crippen LogP contribution >= 0.6 is 0 Å². The van der Waals surface area contributed by atoms with E-state index in [4.69, 9.17) is 9.84 Å². The van der Waals surface area contributed by atoms with Gasteiger partial charge in [0, 0.05) is 12.8 Å². The van der Waals surface area contributed by atoms with Crippen molar-refractivity contribution < 1.29 is 19.7 Å². The van der Waals surface area contributed by atoms with E-state index >= 15 is 0 Å². The van der Waals surface area contributed by atoms with E-state index in [1.54, 1.807) is 13.8 Å². The molecule has 12 heavy (non-hydrogen) atoms. The molecule has 4 nitrogen and oxygen atoms in total. The Bertz CT molecular complexity index is 179. The maximum atomic E-state index is 10.7. The van der Waals surface area contributed by atoms with Gasteiger partial charge in [-0.3, -0.25) is 0 Å². The molecule has 2 N–H and O–H groups in total. The second-order valence-electron chi connectivity index (χ2n) is 3.50. The lowest BCUT2D eigenvalue weighted by Gasteiger charge is -2.35. The molecule has 2 atom stereocenters. The monoisotopic (exact) mass is 174 g/mol. The fraction of sp³-hybridized carbons (Fsp3) is 0.875. The molecule has 0 radical (unpaired) electrons. The summed E-state index contributed by atoms with van der Waals surface area (Å²) in [5.74, 6) is -1.15. The minimum atomic E-state index is -1.59. The highest BCUT2D eigenvalue weighted by atomic mass is 16.5. The van der Waals surface area contributed by atoms with Crippen LogP contribution in [0.4, 0.5) is 0 Å². The number of carbonyl (C=O) groups is 1. The fourth-order valence-corrected chi connectivity index (χ4v) is 1.70. The van der Waals surface area contributed by atoms with Crippen LogP contribution < -0.4 is 0 Å². The average molecular weight is 174 g/mol. The third-order valence-corrected chi connectivity index (χ3v) is 2.11. The highest BCUT2D eigenvalue weighted by Gasteiger charge is 2.43. The van der Waals surface area contributed by atoms with Crippen molar-refractivity contribution in [3.8, 4) is 0 Å². The van der Waals surface area contributed by atoms with Gasteiger partial charge in [0.1, 0.15) is 0 Å². The summed E-state index contributed by atoms with van der Waals surface area (Å²) >= 11 is 0. The van der Waals surface area contributed by atoms with Gasteiger partial charge in [0.05, 0.1) is 12.2 Å². The molecule has 0 aromatic carbocycles. The van der Waals surface area contributed by atoms with Crippen LogP contribution in [-0.2, 0) is 9.53 Å². The van der Waals surface area contributed by atoms with Crippen molar-refractivity contribution in [1.29, 1.82) is 0 Å². The first-order chi connectivity index (χ1) is 5.44. The maximum Gasteiger partial charge on any atom is 0.335 e. The summed E-state index contributed by atoms with van der Waals surface area (Å²) in [6.45, 7) is 3.53. The van der Waals surface area contributed by atoms with Crippen molar-refractivity contribution in [2.75, 3.05) is 0 Å². The minimum Gasteiger partial charge on any atom is -0.479 e. The van der Waals surface area contributed by atoms with Gasteiger partial charge in [-0.15, -0.1) is 0 Å². The van der Waals surface area contributed by atoms with E-state index in [9.17, 15) is 9.90 Å². The molecule has 1 heterocycles. The third kappa shape index (κ3) is 1.76. The SMILES string of the molecule is C[C@@H]1CC(O)(C(=O)O)C[C@@H](C)O1. The van der Waals surface area contributed by atoms with E-state index in [2.05, 4.69) is 0 Å². The lowest BCUT2D eigenvalue weighted by molar-refractivity contribution is -0.181. The van der Waals surface area contributed by atoms with Crippen molar-refractivity contribution in [3.63, 3.8) is 0 Å². The number of carboxylic acid groups (broad SMARTS) is 1. The summed E-state index contributed by atoms with van der Waals surface area (Å²) in [4.78, 5) is 10.7. The van der Waals surface area contributed by atoms with E-state index in [0.717, 1.165) is 0 Å². The van der Waals surface area contributed by atoms with Gasteiger partial charge in [-0.25, -0.2) is 4.79 Å². The summed E-state index contributed by atoms with van der Waals surface area (Å²) in [6, 6.07) is 0. The highest BCUT2D eigenvalue weighted by Crippen LogP contribution is 2.28. The Balaban J connectivity index is 2.71. The Morgan fingerprint density at radius 3 is 2.17 bits per heavy atom. The van der Waals surface area contributed by atoms with Crippen molar-refractivity contribution in [2.24, 2.45) is 0 Å². The molecule has 1 aliphatic rings. The lowest BCUT2D eigenvalue weighted by Crippen LogP contribution is -2.49. The van der Waals surface area contributed by atoms with Gasteiger partial charge in [-0.2, -0.15) is 0 Å². The van der Waals surface area contributed by atoms with Gasteiger partial charge in [0.15, 0.2) is 5.60 Å². The maximum absolute atomic E-state index is 10.7. The van der Waals surface area contributed by atoms with Crippen LogP contribution in [0.25, 0.3) is 0 Å². The number of carboxylic acids is 1. The number of aliphatic hydroxyl groups is 1. The fourth-order valence-electron chi connectivity index (χ4n) is 1.70. The molecule has 1 fully saturated rings. The average Bonchev–Trinajstić information content (AvgIpc) is 1.82. The molecule has 0 amide bonds. The summed E-state index contributed by atoms with van der Waals surface area (Å²) in [6.07, 6.45) is -0.0241. The summed E-state index contributed by atoms with van der Waals surface area (Å²) < 4.78 is 5.31. The molecule has 0 aromatic heterocycles. The van der Waals surface area contributed by atoms with Crippen LogP contribution in [0.5, 0.6) is 0 Å². The van der Waals surface area contributed by atoms with E-state index in [0.29, 0.717) is 0 Å². The molecule has 1 saturated heterocycles. The molecule has 1 aliphatic heterocycles. The lowest BCUT2D eigenvalue weighted by atomic mass is 9.88. The van der Waals surface area contributed by atoms with Crippen molar-refractivity contribution in [2.45, 2.75) is 44.5 Å². The topological polar surface area (TPSA) is 66.8 Å². The smallest absolute Gasteiger partial charge is 0.335 e. The zero-order chi connectivity index (χ0) is 9.35. The van der Waals surface area contributed by atoms with Gasteiger partial charge in [-0.05, 0) is 13.8 Å². The number of hydrogen-bond donors (Lipinski definition) is 2. The van der Waals surface area contributed by atoms with Crippen molar-refractivity contribution in [3.05, 3.63) is 0 Å². The van der Waals surface area contributed by atoms with Crippen molar-refractivity contribution >= 4 is 5.97 Å². The zero-order valence-corrected chi connectivity index (χ0v) is 7.28. The molecule has 0 unspecified atom stereocenters. The van der Waals surface area contributed by atoms with Crippen LogP contribution in [0.2, 0.25) is 0 Å². The van der Waals surface area contributed by atoms with Crippen LogP contribution in [0.15, 0.2) is 0 Å². The van der Waals surface area contributed by atoms with Crippen LogP contribution in [0, 0.1) is 0 Å². The van der Waals surface area contributed by atoms with Crippen LogP contribution in [0.3, 0.4) is 0 Å². The Morgan fingerprint density at radius 2 is 1.83 bits per heavy atom. The van der Waals surface area contributed by atoms with Gasteiger partial charge >= 0.3 is 5.97 Å². The first kappa shape index (κ1) is 9.48. The van der Waals surface area contributed by atoms with E-state index in [1.165, 1.54) is 0 Å². The predicted octanol–water partition coefficient (Wildman–Crippen LogP) is 0.389. The highest BCUT2D eigenvalue weighted by molar-refractivity contribution is 5.77. The molecular weight excluding hydrogens is 160 g/mol.